The molecule has 0 aromatic heterocycles. The lowest BCUT2D eigenvalue weighted by molar-refractivity contribution is 0.627. The van der Waals surface area contributed by atoms with Crippen LogP contribution in [0.1, 0.15) is 24.9 Å². The second kappa shape index (κ2) is 6.40. The van der Waals surface area contributed by atoms with Crippen molar-refractivity contribution in [3.8, 4) is 0 Å². The van der Waals surface area contributed by atoms with E-state index in [1.54, 1.807) is 0 Å². The fourth-order valence-corrected chi connectivity index (χ4v) is 2.88. The van der Waals surface area contributed by atoms with E-state index in [4.69, 9.17) is 11.6 Å². The molecule has 0 spiro atoms. The molecule has 0 bridgehead atoms. The Hall–Kier alpha value is -1.06. The summed E-state index contributed by atoms with van der Waals surface area (Å²) in [4.78, 5) is 0. The van der Waals surface area contributed by atoms with Crippen LogP contribution in [0.3, 0.4) is 0 Å². The van der Waals surface area contributed by atoms with Gasteiger partial charge in [-0.15, -0.1) is 0 Å². The maximum absolute atomic E-state index is 13.2. The van der Waals surface area contributed by atoms with Crippen molar-refractivity contribution in [2.75, 3.05) is 5.32 Å². The van der Waals surface area contributed by atoms with E-state index in [0.29, 0.717) is 9.50 Å². The van der Waals surface area contributed by atoms with Crippen molar-refractivity contribution < 1.29 is 4.39 Å². The molecule has 2 aromatic rings. The van der Waals surface area contributed by atoms with Gasteiger partial charge in [-0.3, -0.25) is 0 Å². The van der Waals surface area contributed by atoms with Crippen LogP contribution in [0.4, 0.5) is 10.1 Å². The predicted molar refractivity (Wildman–Crippen MR) is 82.2 cm³/mol. The summed E-state index contributed by atoms with van der Waals surface area (Å²) in [6, 6.07) is 13.0. The van der Waals surface area contributed by atoms with Gasteiger partial charge >= 0.3 is 0 Å². The van der Waals surface area contributed by atoms with E-state index >= 15 is 0 Å². The van der Waals surface area contributed by atoms with Crippen LogP contribution in [-0.4, -0.2) is 0 Å². The highest BCUT2D eigenvalue weighted by Crippen LogP contribution is 2.35. The van der Waals surface area contributed by atoms with Gasteiger partial charge in [0.05, 0.1) is 16.8 Å². The Labute approximate surface area is 125 Å². The van der Waals surface area contributed by atoms with Crippen molar-refractivity contribution in [2.24, 2.45) is 0 Å². The number of halogens is 3. The van der Waals surface area contributed by atoms with E-state index in [-0.39, 0.29) is 11.9 Å². The van der Waals surface area contributed by atoms with E-state index in [9.17, 15) is 4.39 Å². The second-order valence-electron chi connectivity index (χ2n) is 4.26. The third-order valence-electron chi connectivity index (χ3n) is 2.94. The standard InChI is InChI=1S/C15H14BrClFN/c1-2-14(10-6-4-3-5-7-10)19-15-12(16)8-11(18)9-13(15)17/h3-9,14,19H,2H2,1H3. The van der Waals surface area contributed by atoms with Gasteiger partial charge in [-0.2, -0.15) is 0 Å². The van der Waals surface area contributed by atoms with Crippen LogP contribution in [0.2, 0.25) is 5.02 Å². The smallest absolute Gasteiger partial charge is 0.125 e. The maximum atomic E-state index is 13.2. The van der Waals surface area contributed by atoms with Crippen molar-refractivity contribution in [3.63, 3.8) is 0 Å². The molecule has 100 valence electrons. The molecule has 0 radical (unpaired) electrons. The van der Waals surface area contributed by atoms with Gasteiger partial charge < -0.3 is 5.32 Å². The summed E-state index contributed by atoms with van der Waals surface area (Å²) in [7, 11) is 0. The summed E-state index contributed by atoms with van der Waals surface area (Å²) in [6.07, 6.45) is 0.907. The highest BCUT2D eigenvalue weighted by atomic mass is 79.9. The van der Waals surface area contributed by atoms with Crippen molar-refractivity contribution in [2.45, 2.75) is 19.4 Å². The molecule has 0 amide bonds. The van der Waals surface area contributed by atoms with Gasteiger partial charge in [0.25, 0.3) is 0 Å². The zero-order valence-corrected chi connectivity index (χ0v) is 12.8. The number of hydrogen-bond donors (Lipinski definition) is 1. The summed E-state index contributed by atoms with van der Waals surface area (Å²) < 4.78 is 13.8. The molecular formula is C15H14BrClFN. The molecule has 19 heavy (non-hydrogen) atoms. The van der Waals surface area contributed by atoms with Crippen molar-refractivity contribution >= 4 is 33.2 Å². The van der Waals surface area contributed by atoms with Gasteiger partial charge in [0.1, 0.15) is 5.82 Å². The molecule has 0 heterocycles. The highest BCUT2D eigenvalue weighted by molar-refractivity contribution is 9.10. The average molecular weight is 343 g/mol. The zero-order chi connectivity index (χ0) is 13.8. The van der Waals surface area contributed by atoms with Crippen LogP contribution in [0.15, 0.2) is 46.9 Å². The summed E-state index contributed by atoms with van der Waals surface area (Å²) >= 11 is 9.43. The van der Waals surface area contributed by atoms with Crippen LogP contribution in [0.5, 0.6) is 0 Å². The van der Waals surface area contributed by atoms with Crippen molar-refractivity contribution in [1.82, 2.24) is 0 Å². The van der Waals surface area contributed by atoms with Gasteiger partial charge in [0.15, 0.2) is 0 Å². The Morgan fingerprint density at radius 1 is 1.26 bits per heavy atom. The first-order valence-corrected chi connectivity index (χ1v) is 7.25. The average Bonchev–Trinajstić information content (AvgIpc) is 2.39. The minimum absolute atomic E-state index is 0.139. The van der Waals surface area contributed by atoms with E-state index < -0.39 is 0 Å². The molecule has 0 saturated heterocycles. The number of nitrogens with one attached hydrogen (secondary N) is 1. The molecular weight excluding hydrogens is 329 g/mol. The Balaban J connectivity index is 2.29. The zero-order valence-electron chi connectivity index (χ0n) is 10.5. The van der Waals surface area contributed by atoms with Gasteiger partial charge in [0, 0.05) is 4.47 Å². The first-order valence-electron chi connectivity index (χ1n) is 6.08. The fraction of sp³-hybridized carbons (Fsp3) is 0.200. The Morgan fingerprint density at radius 2 is 1.95 bits per heavy atom. The first-order chi connectivity index (χ1) is 9.11. The second-order valence-corrected chi connectivity index (χ2v) is 5.52. The minimum Gasteiger partial charge on any atom is -0.376 e. The number of benzene rings is 2. The molecule has 1 atom stereocenters. The quantitative estimate of drug-likeness (QED) is 0.740. The monoisotopic (exact) mass is 341 g/mol. The van der Waals surface area contributed by atoms with Crippen LogP contribution < -0.4 is 5.32 Å². The Bertz CT molecular complexity index is 536. The van der Waals surface area contributed by atoms with Gasteiger partial charge in [-0.05, 0) is 40.0 Å². The summed E-state index contributed by atoms with van der Waals surface area (Å²) in [6.45, 7) is 2.09. The molecule has 0 aliphatic heterocycles. The van der Waals surface area contributed by atoms with E-state index in [1.165, 1.54) is 17.7 Å². The summed E-state index contributed by atoms with van der Waals surface area (Å²) in [5.41, 5.74) is 1.90. The summed E-state index contributed by atoms with van der Waals surface area (Å²) in [5.74, 6) is -0.352. The van der Waals surface area contributed by atoms with Gasteiger partial charge in [0.2, 0.25) is 0 Å². The van der Waals surface area contributed by atoms with E-state index in [0.717, 1.165) is 12.1 Å². The molecule has 2 aromatic carbocycles. The lowest BCUT2D eigenvalue weighted by Crippen LogP contribution is -2.10. The van der Waals surface area contributed by atoms with Crippen molar-refractivity contribution in [1.29, 1.82) is 0 Å². The van der Waals surface area contributed by atoms with Crippen molar-refractivity contribution in [3.05, 3.63) is 63.3 Å². The molecule has 1 unspecified atom stereocenters. The fourth-order valence-electron chi connectivity index (χ4n) is 1.96. The third kappa shape index (κ3) is 3.48. The molecule has 2 rings (SSSR count). The van der Waals surface area contributed by atoms with Crippen LogP contribution >= 0.6 is 27.5 Å². The maximum Gasteiger partial charge on any atom is 0.125 e. The van der Waals surface area contributed by atoms with Crippen LogP contribution in [-0.2, 0) is 0 Å². The first kappa shape index (κ1) is 14.4. The predicted octanol–water partition coefficient (Wildman–Crippen LogP) is 5.80. The number of anilines is 1. The van der Waals surface area contributed by atoms with Crippen LogP contribution in [0, 0.1) is 5.82 Å². The minimum atomic E-state index is -0.352. The van der Waals surface area contributed by atoms with E-state index in [1.807, 2.05) is 18.2 Å². The Morgan fingerprint density at radius 3 is 2.53 bits per heavy atom. The molecule has 4 heteroatoms. The Kier molecular flexibility index (Phi) is 4.83. The molecule has 0 aliphatic rings. The molecule has 1 nitrogen and oxygen atoms in total. The number of rotatable bonds is 4. The third-order valence-corrected chi connectivity index (χ3v) is 3.86. The lowest BCUT2D eigenvalue weighted by Gasteiger charge is -2.20. The highest BCUT2D eigenvalue weighted by Gasteiger charge is 2.14. The molecule has 1 N–H and O–H groups in total. The largest absolute Gasteiger partial charge is 0.376 e. The topological polar surface area (TPSA) is 12.0 Å². The van der Waals surface area contributed by atoms with Gasteiger partial charge in [-0.25, -0.2) is 4.39 Å². The summed E-state index contributed by atoms with van der Waals surface area (Å²) in [5, 5.41) is 3.74. The molecule has 0 fully saturated rings. The molecule has 0 aliphatic carbocycles. The normalized spacial score (nSPS) is 12.2. The van der Waals surface area contributed by atoms with E-state index in [2.05, 4.69) is 40.3 Å². The van der Waals surface area contributed by atoms with Gasteiger partial charge in [-0.1, -0.05) is 48.9 Å². The number of hydrogen-bond acceptors (Lipinski definition) is 1. The SMILES string of the molecule is CCC(Nc1c(Cl)cc(F)cc1Br)c1ccccc1. The van der Waals surface area contributed by atoms with Crippen LogP contribution in [0.25, 0.3) is 0 Å². The lowest BCUT2D eigenvalue weighted by atomic mass is 10.0. The molecule has 0 saturated carbocycles.